The van der Waals surface area contributed by atoms with E-state index < -0.39 is 5.97 Å². The van der Waals surface area contributed by atoms with Crippen LogP contribution in [0.5, 0.6) is 0 Å². The molecule has 0 aliphatic heterocycles. The second-order valence-corrected chi connectivity index (χ2v) is 6.65. The lowest BCUT2D eigenvalue weighted by atomic mass is 9.91. The van der Waals surface area contributed by atoms with Crippen molar-refractivity contribution in [3.63, 3.8) is 0 Å². The number of carbonyl (C=O) groups is 1. The second kappa shape index (κ2) is 6.42. The maximum Gasteiger partial charge on any atom is 0.337 e. The van der Waals surface area contributed by atoms with Gasteiger partial charge in [0.25, 0.3) is 5.56 Å². The number of carboxylic acids is 1. The number of allylic oxidation sites excluding steroid dienone is 1. The summed E-state index contributed by atoms with van der Waals surface area (Å²) in [5.74, 6) is -1.07. The number of aromatic nitrogens is 2. The summed E-state index contributed by atoms with van der Waals surface area (Å²) in [4.78, 5) is 28.7. The maximum atomic E-state index is 12.9. The molecule has 1 aliphatic rings. The van der Waals surface area contributed by atoms with Gasteiger partial charge in [-0.1, -0.05) is 29.8 Å². The molecule has 0 unspecified atom stereocenters. The molecule has 0 atom stereocenters. The zero-order valence-corrected chi connectivity index (χ0v) is 14.5. The predicted octanol–water partition coefficient (Wildman–Crippen LogP) is 3.92. The summed E-state index contributed by atoms with van der Waals surface area (Å²) in [5.41, 5.74) is 3.45. The molecule has 0 radical (unpaired) electrons. The van der Waals surface area contributed by atoms with Gasteiger partial charge >= 0.3 is 5.97 Å². The first-order chi connectivity index (χ1) is 12.5. The number of hydrogen-bond acceptors (Lipinski definition) is 3. The zero-order chi connectivity index (χ0) is 18.3. The molecule has 3 aromatic rings. The highest BCUT2D eigenvalue weighted by Gasteiger charge is 2.21. The first-order valence-electron chi connectivity index (χ1n) is 8.28. The van der Waals surface area contributed by atoms with Gasteiger partial charge in [0.15, 0.2) is 0 Å². The van der Waals surface area contributed by atoms with Crippen molar-refractivity contribution in [1.82, 2.24) is 9.38 Å². The Bertz CT molecular complexity index is 1130. The van der Waals surface area contributed by atoms with Gasteiger partial charge in [-0.2, -0.15) is 0 Å². The Balaban J connectivity index is 1.93. The van der Waals surface area contributed by atoms with Crippen LogP contribution in [-0.2, 0) is 6.42 Å². The number of fused-ring (bicyclic) bond motifs is 2. The zero-order valence-electron chi connectivity index (χ0n) is 13.8. The highest BCUT2D eigenvalue weighted by molar-refractivity contribution is 6.32. The van der Waals surface area contributed by atoms with E-state index in [1.54, 1.807) is 6.07 Å². The van der Waals surface area contributed by atoms with Gasteiger partial charge in [-0.3, -0.25) is 9.20 Å². The van der Waals surface area contributed by atoms with Crippen LogP contribution in [0.2, 0.25) is 5.02 Å². The highest BCUT2D eigenvalue weighted by Crippen LogP contribution is 2.31. The van der Waals surface area contributed by atoms with E-state index in [4.69, 9.17) is 16.7 Å². The largest absolute Gasteiger partial charge is 0.478 e. The van der Waals surface area contributed by atoms with E-state index in [1.807, 2.05) is 30.3 Å². The lowest BCUT2D eigenvalue weighted by Gasteiger charge is -2.19. The van der Waals surface area contributed by atoms with Crippen molar-refractivity contribution < 1.29 is 9.90 Å². The molecule has 2 aromatic heterocycles. The first kappa shape index (κ1) is 16.5. The highest BCUT2D eigenvalue weighted by atomic mass is 35.5. The van der Waals surface area contributed by atoms with Crippen molar-refractivity contribution in [2.75, 3.05) is 0 Å². The summed E-state index contributed by atoms with van der Waals surface area (Å²) in [5, 5.41) is 9.80. The Kier molecular flexibility index (Phi) is 4.09. The Morgan fingerprint density at radius 2 is 2.00 bits per heavy atom. The van der Waals surface area contributed by atoms with Gasteiger partial charge in [-0.25, -0.2) is 9.78 Å². The van der Waals surface area contributed by atoms with Crippen LogP contribution in [0.3, 0.4) is 0 Å². The van der Waals surface area contributed by atoms with Crippen LogP contribution in [-0.4, -0.2) is 20.5 Å². The van der Waals surface area contributed by atoms with E-state index in [-0.39, 0.29) is 11.1 Å². The van der Waals surface area contributed by atoms with Gasteiger partial charge < -0.3 is 5.11 Å². The van der Waals surface area contributed by atoms with Crippen molar-refractivity contribution >= 4 is 34.9 Å². The molecule has 1 N–H and O–H groups in total. The van der Waals surface area contributed by atoms with Crippen molar-refractivity contribution in [3.8, 4) is 0 Å². The fourth-order valence-electron chi connectivity index (χ4n) is 3.29. The van der Waals surface area contributed by atoms with Crippen molar-refractivity contribution in [2.24, 2.45) is 0 Å². The second-order valence-electron chi connectivity index (χ2n) is 6.24. The maximum absolute atomic E-state index is 12.9. The molecule has 1 aliphatic carbocycles. The third-order valence-corrected chi connectivity index (χ3v) is 4.92. The van der Waals surface area contributed by atoms with E-state index >= 15 is 0 Å². The van der Waals surface area contributed by atoms with E-state index in [0.717, 1.165) is 24.0 Å². The molecule has 2 heterocycles. The van der Waals surface area contributed by atoms with Gasteiger partial charge in [0.2, 0.25) is 0 Å². The topological polar surface area (TPSA) is 71.7 Å². The molecule has 1 aromatic carbocycles. The predicted molar refractivity (Wildman–Crippen MR) is 101 cm³/mol. The van der Waals surface area contributed by atoms with Crippen LogP contribution in [0, 0.1) is 0 Å². The number of benzene rings is 1. The van der Waals surface area contributed by atoms with Gasteiger partial charge in [0.05, 0.1) is 11.3 Å². The minimum atomic E-state index is -1.07. The van der Waals surface area contributed by atoms with Crippen LogP contribution in [0.4, 0.5) is 0 Å². The summed E-state index contributed by atoms with van der Waals surface area (Å²) >= 11 is 6.26. The first-order valence-corrected chi connectivity index (χ1v) is 8.66. The monoisotopic (exact) mass is 366 g/mol. The third kappa shape index (κ3) is 2.80. The van der Waals surface area contributed by atoms with Crippen LogP contribution in [0.1, 0.15) is 40.0 Å². The molecule has 0 fully saturated rings. The number of halogens is 1. The van der Waals surface area contributed by atoms with Crippen LogP contribution in [0.15, 0.2) is 47.4 Å². The molecule has 4 rings (SSSR count). The molecule has 26 heavy (non-hydrogen) atoms. The third-order valence-electron chi connectivity index (χ3n) is 4.58. The van der Waals surface area contributed by atoms with Gasteiger partial charge in [0, 0.05) is 16.8 Å². The molecule has 0 bridgehead atoms. The Hall–Kier alpha value is -2.92. The lowest BCUT2D eigenvalue weighted by molar-refractivity contribution is 0.0696. The molecule has 0 saturated heterocycles. The van der Waals surface area contributed by atoms with E-state index in [2.05, 4.69) is 4.98 Å². The molecule has 0 amide bonds. The average molecular weight is 367 g/mol. The molecule has 0 spiro atoms. The molecule has 130 valence electrons. The van der Waals surface area contributed by atoms with E-state index in [0.29, 0.717) is 28.3 Å². The molecular weight excluding hydrogens is 352 g/mol. The summed E-state index contributed by atoms with van der Waals surface area (Å²) in [6.45, 7) is 0. The van der Waals surface area contributed by atoms with Gasteiger partial charge in [-0.05, 0) is 54.7 Å². The van der Waals surface area contributed by atoms with Crippen molar-refractivity contribution in [3.05, 3.63) is 80.4 Å². The number of hydrogen-bond donors (Lipinski definition) is 1. The fraction of sp³-hybridized carbons (Fsp3) is 0.150. The summed E-state index contributed by atoms with van der Waals surface area (Å²) < 4.78 is 1.32. The summed E-state index contributed by atoms with van der Waals surface area (Å²) in [6, 6.07) is 10.6. The SMILES string of the molecule is O=C(O)c1ccc2nc3c(c(=O)n2c1)CCCC3=Cc1ccccc1Cl. The Labute approximate surface area is 154 Å². The summed E-state index contributed by atoms with van der Waals surface area (Å²) in [7, 11) is 0. The summed E-state index contributed by atoms with van der Waals surface area (Å²) in [6.07, 6.45) is 5.59. The molecular formula is C20H15ClN2O3. The number of nitrogens with zero attached hydrogens (tertiary/aromatic N) is 2. The standard InChI is InChI=1S/C20H15ClN2O3/c21-16-7-2-1-4-12(16)10-13-5-3-6-15-18(13)22-17-9-8-14(20(25)26)11-23(17)19(15)24/h1-2,4,7-11H,3,5-6H2,(H,25,26). The smallest absolute Gasteiger partial charge is 0.337 e. The van der Waals surface area contributed by atoms with Gasteiger partial charge in [0.1, 0.15) is 5.65 Å². The minimum absolute atomic E-state index is 0.0593. The van der Waals surface area contributed by atoms with Crippen LogP contribution in [0.25, 0.3) is 17.3 Å². The van der Waals surface area contributed by atoms with E-state index in [9.17, 15) is 9.59 Å². The minimum Gasteiger partial charge on any atom is -0.478 e. The number of aromatic carboxylic acids is 1. The molecule has 0 saturated carbocycles. The Morgan fingerprint density at radius 3 is 2.77 bits per heavy atom. The fourth-order valence-corrected chi connectivity index (χ4v) is 3.48. The van der Waals surface area contributed by atoms with Crippen LogP contribution < -0.4 is 5.56 Å². The molecule has 6 heteroatoms. The van der Waals surface area contributed by atoms with Crippen molar-refractivity contribution in [2.45, 2.75) is 19.3 Å². The quantitative estimate of drug-likeness (QED) is 0.746. The Morgan fingerprint density at radius 1 is 1.19 bits per heavy atom. The normalized spacial score (nSPS) is 15.2. The van der Waals surface area contributed by atoms with Gasteiger partial charge in [-0.15, -0.1) is 0 Å². The number of rotatable bonds is 2. The average Bonchev–Trinajstić information content (AvgIpc) is 2.64. The van der Waals surface area contributed by atoms with Crippen molar-refractivity contribution in [1.29, 1.82) is 0 Å². The van der Waals surface area contributed by atoms with Crippen LogP contribution >= 0.6 is 11.6 Å². The number of pyridine rings is 1. The number of carboxylic acid groups (broad SMARTS) is 1. The van der Waals surface area contributed by atoms with E-state index in [1.165, 1.54) is 16.7 Å². The lowest BCUT2D eigenvalue weighted by Crippen LogP contribution is -2.25. The molecule has 5 nitrogen and oxygen atoms in total.